The van der Waals surface area contributed by atoms with Crippen LogP contribution in [0.3, 0.4) is 0 Å². The highest BCUT2D eigenvalue weighted by Gasteiger charge is 2.31. The molecule has 2 aromatic heterocycles. The number of pyridine rings is 1. The molecule has 0 saturated heterocycles. The van der Waals surface area contributed by atoms with E-state index < -0.39 is 18.5 Å². The zero-order valence-electron chi connectivity index (χ0n) is 14.1. The maximum absolute atomic E-state index is 12.4. The number of benzene rings is 1. The van der Waals surface area contributed by atoms with Gasteiger partial charge in [0.2, 0.25) is 5.91 Å². The Hall–Kier alpha value is -3.03. The molecule has 2 heterocycles. The largest absolute Gasteiger partial charge is 0.495 e. The summed E-state index contributed by atoms with van der Waals surface area (Å²) in [6, 6.07) is 8.68. The third-order valence-corrected chi connectivity index (χ3v) is 3.81. The Morgan fingerprint density at radius 1 is 1.31 bits per heavy atom. The number of halogens is 3. The average molecular weight is 363 g/mol. The Morgan fingerprint density at radius 3 is 2.73 bits per heavy atom. The molecular formula is C18H16F3N3O2. The maximum atomic E-state index is 12.4. The number of alkyl halides is 3. The number of methoxy groups -OCH3 is 1. The van der Waals surface area contributed by atoms with Gasteiger partial charge in [0.1, 0.15) is 17.8 Å². The second kappa shape index (κ2) is 6.70. The fraction of sp³-hybridized carbons (Fsp3) is 0.222. The average Bonchev–Trinajstić information content (AvgIpc) is 2.98. The van der Waals surface area contributed by atoms with E-state index in [-0.39, 0.29) is 11.4 Å². The predicted molar refractivity (Wildman–Crippen MR) is 91.2 cm³/mol. The molecule has 0 saturated carbocycles. The first-order valence-corrected chi connectivity index (χ1v) is 7.76. The number of hydrogen-bond acceptors (Lipinski definition) is 3. The van der Waals surface area contributed by atoms with Crippen LogP contribution in [0.4, 0.5) is 18.9 Å². The van der Waals surface area contributed by atoms with Gasteiger partial charge in [0.15, 0.2) is 0 Å². The van der Waals surface area contributed by atoms with Crippen molar-refractivity contribution in [2.45, 2.75) is 19.5 Å². The second-order valence-corrected chi connectivity index (χ2v) is 5.80. The number of aromatic nitrogens is 2. The fourth-order valence-corrected chi connectivity index (χ4v) is 2.63. The van der Waals surface area contributed by atoms with Gasteiger partial charge in [-0.15, -0.1) is 0 Å². The molecule has 0 fully saturated rings. The molecule has 26 heavy (non-hydrogen) atoms. The number of aryl methyl sites for hydroxylation is 1. The van der Waals surface area contributed by atoms with Gasteiger partial charge < -0.3 is 14.5 Å². The van der Waals surface area contributed by atoms with Gasteiger partial charge in [-0.1, -0.05) is 6.07 Å². The monoisotopic (exact) mass is 363 g/mol. The van der Waals surface area contributed by atoms with Crippen molar-refractivity contribution in [2.75, 3.05) is 12.4 Å². The summed E-state index contributed by atoms with van der Waals surface area (Å²) in [6.07, 6.45) is -2.47. The van der Waals surface area contributed by atoms with Gasteiger partial charge in [0.25, 0.3) is 0 Å². The first-order valence-electron chi connectivity index (χ1n) is 7.76. The van der Waals surface area contributed by atoms with Crippen LogP contribution in [0.1, 0.15) is 12.0 Å². The Morgan fingerprint density at radius 2 is 2.08 bits per heavy atom. The summed E-state index contributed by atoms with van der Waals surface area (Å²) in [5, 5.41) is 2.25. The number of hydrogen-bond donors (Lipinski definition) is 1. The molecule has 0 aliphatic carbocycles. The number of carbonyl (C=O) groups is 1. The van der Waals surface area contributed by atoms with E-state index in [1.165, 1.54) is 7.11 Å². The minimum Gasteiger partial charge on any atom is -0.495 e. The molecule has 3 aromatic rings. The molecule has 0 spiro atoms. The van der Waals surface area contributed by atoms with E-state index in [1.807, 2.05) is 35.9 Å². The van der Waals surface area contributed by atoms with Gasteiger partial charge in [-0.2, -0.15) is 13.2 Å². The van der Waals surface area contributed by atoms with Crippen LogP contribution in [0, 0.1) is 6.92 Å². The number of amides is 1. The quantitative estimate of drug-likeness (QED) is 0.756. The van der Waals surface area contributed by atoms with Crippen LogP contribution >= 0.6 is 0 Å². The van der Waals surface area contributed by atoms with E-state index in [9.17, 15) is 18.0 Å². The minimum absolute atomic E-state index is 0.160. The van der Waals surface area contributed by atoms with E-state index in [4.69, 9.17) is 4.74 Å². The minimum atomic E-state index is -4.58. The van der Waals surface area contributed by atoms with E-state index in [0.717, 1.165) is 11.2 Å². The Kier molecular flexibility index (Phi) is 4.58. The number of carbonyl (C=O) groups excluding carboxylic acids is 1. The van der Waals surface area contributed by atoms with Crippen LogP contribution in [-0.4, -0.2) is 28.6 Å². The van der Waals surface area contributed by atoms with Crippen molar-refractivity contribution in [1.82, 2.24) is 9.38 Å². The summed E-state index contributed by atoms with van der Waals surface area (Å²) in [6.45, 7) is 1.93. The molecule has 0 bridgehead atoms. The summed E-state index contributed by atoms with van der Waals surface area (Å²) >= 11 is 0. The van der Waals surface area contributed by atoms with Crippen LogP contribution < -0.4 is 10.1 Å². The molecule has 1 N–H and O–H groups in total. The summed E-state index contributed by atoms with van der Waals surface area (Å²) < 4.78 is 44.1. The van der Waals surface area contributed by atoms with Crippen molar-refractivity contribution in [3.05, 3.63) is 48.3 Å². The van der Waals surface area contributed by atoms with Crippen molar-refractivity contribution in [3.8, 4) is 17.0 Å². The van der Waals surface area contributed by atoms with Crippen LogP contribution in [0.25, 0.3) is 16.9 Å². The number of rotatable bonds is 4. The molecule has 0 aliphatic rings. The summed E-state index contributed by atoms with van der Waals surface area (Å²) in [5.74, 6) is -0.886. The summed E-state index contributed by atoms with van der Waals surface area (Å²) in [5.41, 5.74) is 3.21. The predicted octanol–water partition coefficient (Wildman–Crippen LogP) is 4.21. The van der Waals surface area contributed by atoms with E-state index >= 15 is 0 Å². The molecule has 0 radical (unpaired) electrons. The second-order valence-electron chi connectivity index (χ2n) is 5.80. The normalized spacial score (nSPS) is 11.6. The van der Waals surface area contributed by atoms with Crippen molar-refractivity contribution < 1.29 is 22.7 Å². The lowest BCUT2D eigenvalue weighted by Gasteiger charge is -2.12. The highest BCUT2D eigenvalue weighted by molar-refractivity contribution is 5.93. The zero-order chi connectivity index (χ0) is 18.9. The molecule has 1 amide bonds. The van der Waals surface area contributed by atoms with Crippen molar-refractivity contribution in [3.63, 3.8) is 0 Å². The van der Waals surface area contributed by atoms with Gasteiger partial charge in [0, 0.05) is 18.0 Å². The van der Waals surface area contributed by atoms with Crippen molar-refractivity contribution >= 4 is 17.2 Å². The van der Waals surface area contributed by atoms with Crippen LogP contribution in [0.15, 0.2) is 42.7 Å². The topological polar surface area (TPSA) is 55.6 Å². The van der Waals surface area contributed by atoms with Crippen molar-refractivity contribution in [2.24, 2.45) is 0 Å². The smallest absolute Gasteiger partial charge is 0.397 e. The first-order chi connectivity index (χ1) is 12.3. The lowest BCUT2D eigenvalue weighted by Crippen LogP contribution is -2.21. The van der Waals surface area contributed by atoms with E-state index in [1.54, 1.807) is 18.2 Å². The summed E-state index contributed by atoms with van der Waals surface area (Å²) in [7, 11) is 1.38. The van der Waals surface area contributed by atoms with E-state index in [0.29, 0.717) is 11.3 Å². The van der Waals surface area contributed by atoms with Crippen LogP contribution in [0.2, 0.25) is 0 Å². The Labute approximate surface area is 147 Å². The summed E-state index contributed by atoms with van der Waals surface area (Å²) in [4.78, 5) is 16.2. The molecule has 0 atom stereocenters. The van der Waals surface area contributed by atoms with E-state index in [2.05, 4.69) is 10.3 Å². The number of ether oxygens (including phenoxy) is 1. The zero-order valence-corrected chi connectivity index (χ0v) is 14.1. The number of imidazole rings is 1. The fourth-order valence-electron chi connectivity index (χ4n) is 2.63. The highest BCUT2D eigenvalue weighted by atomic mass is 19.4. The third-order valence-electron chi connectivity index (χ3n) is 3.81. The molecular weight excluding hydrogens is 347 g/mol. The molecule has 5 nitrogen and oxygen atoms in total. The highest BCUT2D eigenvalue weighted by Crippen LogP contribution is 2.31. The number of anilines is 1. The Bertz CT molecular complexity index is 964. The van der Waals surface area contributed by atoms with Crippen LogP contribution in [0.5, 0.6) is 5.75 Å². The lowest BCUT2D eigenvalue weighted by atomic mass is 10.1. The Balaban J connectivity index is 1.96. The molecule has 3 rings (SSSR count). The molecule has 136 valence electrons. The SMILES string of the molecule is COc1ccc(-c2cn3cccc(C)c3n2)cc1NC(=O)CC(F)(F)F. The number of fused-ring (bicyclic) bond motifs is 1. The molecule has 0 aliphatic heterocycles. The standard InChI is InChI=1S/C18H16F3N3O2/c1-11-4-3-7-24-10-14(23-17(11)24)12-5-6-15(26-2)13(8-12)22-16(25)9-18(19,20)21/h3-8,10H,9H2,1-2H3,(H,22,25). The van der Waals surface area contributed by atoms with Gasteiger partial charge in [-0.3, -0.25) is 4.79 Å². The molecule has 8 heteroatoms. The third kappa shape index (κ3) is 3.79. The van der Waals surface area contributed by atoms with Gasteiger partial charge >= 0.3 is 6.18 Å². The first kappa shape index (κ1) is 17.8. The van der Waals surface area contributed by atoms with Crippen molar-refractivity contribution in [1.29, 1.82) is 0 Å². The number of nitrogens with one attached hydrogen (secondary N) is 1. The lowest BCUT2D eigenvalue weighted by molar-refractivity contribution is -0.150. The van der Waals surface area contributed by atoms with Gasteiger partial charge in [0.05, 0.1) is 18.5 Å². The maximum Gasteiger partial charge on any atom is 0.397 e. The molecule has 1 aromatic carbocycles. The molecule has 0 unspecified atom stereocenters. The van der Waals surface area contributed by atoms with Gasteiger partial charge in [-0.05, 0) is 36.8 Å². The number of nitrogens with zero attached hydrogens (tertiary/aromatic N) is 2. The van der Waals surface area contributed by atoms with Gasteiger partial charge in [-0.25, -0.2) is 4.98 Å². The van der Waals surface area contributed by atoms with Crippen LogP contribution in [-0.2, 0) is 4.79 Å².